The van der Waals surface area contributed by atoms with Gasteiger partial charge in [-0.1, -0.05) is 12.8 Å². The molecular weight excluding hydrogens is 314 g/mol. The number of nitrogens with zero attached hydrogens (tertiary/aromatic N) is 4. The summed E-state index contributed by atoms with van der Waals surface area (Å²) in [7, 11) is 2.02. The van der Waals surface area contributed by atoms with Gasteiger partial charge < -0.3 is 15.1 Å². The minimum Gasteiger partial charge on any atom is -0.353 e. The first kappa shape index (κ1) is 16.8. The minimum absolute atomic E-state index is 0.151. The lowest BCUT2D eigenvalue weighted by Crippen LogP contribution is -2.55. The van der Waals surface area contributed by atoms with E-state index in [2.05, 4.69) is 25.3 Å². The molecule has 3 aliphatic rings. The molecule has 1 aliphatic carbocycles. The fourth-order valence-corrected chi connectivity index (χ4v) is 5.13. The molecule has 1 unspecified atom stereocenters. The summed E-state index contributed by atoms with van der Waals surface area (Å²) >= 11 is 0. The molecule has 1 N–H and O–H groups in total. The first-order valence-corrected chi connectivity index (χ1v) is 9.71. The number of rotatable bonds is 3. The Kier molecular flexibility index (Phi) is 4.63. The predicted molar refractivity (Wildman–Crippen MR) is 97.3 cm³/mol. The van der Waals surface area contributed by atoms with Crippen molar-refractivity contribution < 1.29 is 4.79 Å². The van der Waals surface area contributed by atoms with Crippen molar-refractivity contribution in [2.24, 2.45) is 11.3 Å². The number of piperidine rings is 1. The lowest BCUT2D eigenvalue weighted by molar-refractivity contribution is -0.146. The molecule has 1 aromatic heterocycles. The highest BCUT2D eigenvalue weighted by Crippen LogP contribution is 2.45. The third kappa shape index (κ3) is 3.01. The van der Waals surface area contributed by atoms with E-state index in [0.717, 1.165) is 51.3 Å². The van der Waals surface area contributed by atoms with Crippen molar-refractivity contribution in [3.05, 3.63) is 18.3 Å². The van der Waals surface area contributed by atoms with Crippen molar-refractivity contribution in [2.45, 2.75) is 44.6 Å². The second kappa shape index (κ2) is 6.90. The van der Waals surface area contributed by atoms with Crippen LogP contribution in [0.2, 0.25) is 0 Å². The number of likely N-dealkylation sites (N-methyl/N-ethyl adjacent to an activating group) is 1. The van der Waals surface area contributed by atoms with Gasteiger partial charge in [-0.15, -0.1) is 5.10 Å². The SMILES string of the molecule is CN(C(=O)[C@@]12CCCC[C@H]1CNC2)C1CCCN(c2cccnn2)C1. The van der Waals surface area contributed by atoms with Crippen LogP contribution in [0, 0.1) is 11.3 Å². The van der Waals surface area contributed by atoms with Gasteiger partial charge in [0.15, 0.2) is 5.82 Å². The highest BCUT2D eigenvalue weighted by molar-refractivity contribution is 5.84. The summed E-state index contributed by atoms with van der Waals surface area (Å²) < 4.78 is 0. The predicted octanol–water partition coefficient (Wildman–Crippen LogP) is 1.68. The summed E-state index contributed by atoms with van der Waals surface area (Å²) in [5.74, 6) is 1.81. The van der Waals surface area contributed by atoms with E-state index in [0.29, 0.717) is 11.8 Å². The second-order valence-electron chi connectivity index (χ2n) is 7.97. The molecule has 0 bridgehead atoms. The number of hydrogen-bond donors (Lipinski definition) is 1. The fraction of sp³-hybridized carbons (Fsp3) is 0.737. The number of amides is 1. The molecule has 25 heavy (non-hydrogen) atoms. The zero-order valence-electron chi connectivity index (χ0n) is 15.2. The summed E-state index contributed by atoms with van der Waals surface area (Å²) in [5, 5.41) is 11.7. The van der Waals surface area contributed by atoms with E-state index in [1.54, 1.807) is 6.20 Å². The summed E-state index contributed by atoms with van der Waals surface area (Å²) in [6, 6.07) is 4.20. The van der Waals surface area contributed by atoms with Gasteiger partial charge in [-0.05, 0) is 50.3 Å². The zero-order valence-corrected chi connectivity index (χ0v) is 15.2. The summed E-state index contributed by atoms with van der Waals surface area (Å²) in [4.78, 5) is 17.8. The Bertz CT molecular complexity index is 609. The highest BCUT2D eigenvalue weighted by Gasteiger charge is 2.51. The van der Waals surface area contributed by atoms with E-state index in [9.17, 15) is 4.79 Å². The van der Waals surface area contributed by atoms with Gasteiger partial charge in [0, 0.05) is 38.9 Å². The van der Waals surface area contributed by atoms with Crippen molar-refractivity contribution in [1.82, 2.24) is 20.4 Å². The van der Waals surface area contributed by atoms with E-state index < -0.39 is 0 Å². The van der Waals surface area contributed by atoms with Crippen molar-refractivity contribution in [3.8, 4) is 0 Å². The number of hydrogen-bond acceptors (Lipinski definition) is 5. The van der Waals surface area contributed by atoms with Crippen LogP contribution >= 0.6 is 0 Å². The summed E-state index contributed by atoms with van der Waals surface area (Å²) in [5.41, 5.74) is -0.151. The smallest absolute Gasteiger partial charge is 0.230 e. The van der Waals surface area contributed by atoms with Crippen LogP contribution in [-0.4, -0.2) is 60.3 Å². The second-order valence-corrected chi connectivity index (χ2v) is 7.97. The van der Waals surface area contributed by atoms with Crippen molar-refractivity contribution in [3.63, 3.8) is 0 Å². The van der Waals surface area contributed by atoms with E-state index >= 15 is 0 Å². The third-order valence-corrected chi connectivity index (χ3v) is 6.61. The van der Waals surface area contributed by atoms with Crippen LogP contribution in [0.3, 0.4) is 0 Å². The van der Waals surface area contributed by atoms with Crippen LogP contribution in [0.1, 0.15) is 38.5 Å². The summed E-state index contributed by atoms with van der Waals surface area (Å²) in [6.07, 6.45) is 8.58. The molecule has 1 aromatic rings. The van der Waals surface area contributed by atoms with Crippen LogP contribution in [0.15, 0.2) is 18.3 Å². The van der Waals surface area contributed by atoms with Gasteiger partial charge in [0.25, 0.3) is 0 Å². The molecule has 3 heterocycles. The van der Waals surface area contributed by atoms with Gasteiger partial charge in [-0.3, -0.25) is 4.79 Å². The van der Waals surface area contributed by atoms with E-state index in [-0.39, 0.29) is 11.5 Å². The first-order valence-electron chi connectivity index (χ1n) is 9.71. The third-order valence-electron chi connectivity index (χ3n) is 6.61. The molecule has 0 aromatic carbocycles. The molecule has 136 valence electrons. The van der Waals surface area contributed by atoms with Crippen molar-refractivity contribution in [1.29, 1.82) is 0 Å². The van der Waals surface area contributed by atoms with Gasteiger partial charge in [0.2, 0.25) is 5.91 Å². The Morgan fingerprint density at radius 3 is 3.12 bits per heavy atom. The molecule has 1 amide bonds. The monoisotopic (exact) mass is 343 g/mol. The number of fused-ring (bicyclic) bond motifs is 1. The van der Waals surface area contributed by atoms with Crippen LogP contribution in [0.5, 0.6) is 0 Å². The van der Waals surface area contributed by atoms with Gasteiger partial charge in [0.1, 0.15) is 0 Å². The molecular formula is C19H29N5O. The maximum atomic E-state index is 13.5. The molecule has 0 radical (unpaired) electrons. The number of nitrogens with one attached hydrogen (secondary N) is 1. The fourth-order valence-electron chi connectivity index (χ4n) is 5.13. The molecule has 0 spiro atoms. The molecule has 6 heteroatoms. The molecule has 4 rings (SSSR count). The van der Waals surface area contributed by atoms with Crippen LogP contribution in [0.25, 0.3) is 0 Å². The first-order chi connectivity index (χ1) is 12.2. The molecule has 1 saturated carbocycles. The Balaban J connectivity index is 1.48. The van der Waals surface area contributed by atoms with Crippen LogP contribution < -0.4 is 10.2 Å². The molecule has 6 nitrogen and oxygen atoms in total. The van der Waals surface area contributed by atoms with Crippen molar-refractivity contribution >= 4 is 11.7 Å². The van der Waals surface area contributed by atoms with E-state index in [1.807, 2.05) is 19.2 Å². The zero-order chi connectivity index (χ0) is 17.3. The average molecular weight is 343 g/mol. The number of carbonyl (C=O) groups excluding carboxylic acids is 1. The molecule has 3 fully saturated rings. The lowest BCUT2D eigenvalue weighted by Gasteiger charge is -2.44. The molecule has 3 atom stereocenters. The Hall–Kier alpha value is -1.69. The minimum atomic E-state index is -0.151. The quantitative estimate of drug-likeness (QED) is 0.905. The maximum absolute atomic E-state index is 13.5. The van der Waals surface area contributed by atoms with E-state index in [4.69, 9.17) is 0 Å². The Morgan fingerprint density at radius 2 is 2.28 bits per heavy atom. The van der Waals surface area contributed by atoms with Gasteiger partial charge in [-0.25, -0.2) is 0 Å². The Labute approximate surface area is 150 Å². The topological polar surface area (TPSA) is 61.4 Å². The highest BCUT2D eigenvalue weighted by atomic mass is 16.2. The average Bonchev–Trinajstić information content (AvgIpc) is 3.13. The summed E-state index contributed by atoms with van der Waals surface area (Å²) in [6.45, 7) is 3.72. The largest absolute Gasteiger partial charge is 0.353 e. The molecule has 2 aliphatic heterocycles. The Morgan fingerprint density at radius 1 is 1.36 bits per heavy atom. The van der Waals surface area contributed by atoms with Gasteiger partial charge >= 0.3 is 0 Å². The molecule has 2 saturated heterocycles. The van der Waals surface area contributed by atoms with Gasteiger partial charge in [0.05, 0.1) is 5.41 Å². The van der Waals surface area contributed by atoms with Crippen LogP contribution in [-0.2, 0) is 4.79 Å². The number of anilines is 1. The van der Waals surface area contributed by atoms with Crippen LogP contribution in [0.4, 0.5) is 5.82 Å². The van der Waals surface area contributed by atoms with Gasteiger partial charge in [-0.2, -0.15) is 5.10 Å². The lowest BCUT2D eigenvalue weighted by atomic mass is 9.67. The standard InChI is InChI=1S/C19H29N5O/c1-23(18(25)19-9-3-2-6-15(19)12-20-14-19)16-7-5-11-24(13-16)17-8-4-10-21-22-17/h4,8,10,15-16,20H,2-3,5-7,9,11-14H2,1H3/t15-,16?,19+/m0/s1. The number of aromatic nitrogens is 2. The normalized spacial score (nSPS) is 32.3. The van der Waals surface area contributed by atoms with E-state index in [1.165, 1.54) is 19.3 Å². The maximum Gasteiger partial charge on any atom is 0.230 e. The number of carbonyl (C=O) groups is 1. The van der Waals surface area contributed by atoms with Crippen molar-refractivity contribution in [2.75, 3.05) is 38.1 Å².